The first-order valence-corrected chi connectivity index (χ1v) is 21.2. The lowest BCUT2D eigenvalue weighted by Gasteiger charge is -2.30. The van der Waals surface area contributed by atoms with E-state index < -0.39 is 59.4 Å². The summed E-state index contributed by atoms with van der Waals surface area (Å²) < 4.78 is 17.6. The minimum absolute atomic E-state index is 0.0308. The molecule has 1 saturated heterocycles. The van der Waals surface area contributed by atoms with Gasteiger partial charge in [-0.15, -0.1) is 0 Å². The van der Waals surface area contributed by atoms with Crippen molar-refractivity contribution < 1.29 is 43.0 Å². The molecule has 0 aliphatic carbocycles. The maximum absolute atomic E-state index is 13.9. The van der Waals surface area contributed by atoms with Crippen LogP contribution in [0, 0.1) is 23.2 Å². The number of halogens is 1. The zero-order valence-electron chi connectivity index (χ0n) is 36.6. The average Bonchev–Trinajstić information content (AvgIpc) is 4.01. The van der Waals surface area contributed by atoms with Gasteiger partial charge in [0.25, 0.3) is 0 Å². The van der Waals surface area contributed by atoms with Gasteiger partial charge in [-0.1, -0.05) is 82.6 Å². The van der Waals surface area contributed by atoms with Gasteiger partial charge in [-0.25, -0.2) is 4.79 Å². The fourth-order valence-corrected chi connectivity index (χ4v) is 7.09. The number of nitrogens with one attached hydrogen (secondary N) is 5. The van der Waals surface area contributed by atoms with Crippen molar-refractivity contribution in [2.45, 2.75) is 124 Å². The molecule has 2 heterocycles. The van der Waals surface area contributed by atoms with E-state index in [-0.39, 0.29) is 67.7 Å². The number of hydrogen-bond donors (Lipinski definition) is 6. The van der Waals surface area contributed by atoms with Crippen molar-refractivity contribution in [3.63, 3.8) is 0 Å². The van der Waals surface area contributed by atoms with Gasteiger partial charge in [0.15, 0.2) is 0 Å². The number of carbonyl (C=O) groups is 6. The average molecular weight is 867 g/mol. The Bertz CT molecular complexity index is 1920. The summed E-state index contributed by atoms with van der Waals surface area (Å²) in [7, 11) is 1.50. The van der Waals surface area contributed by atoms with Crippen molar-refractivity contribution >= 4 is 47.1 Å². The molecule has 2 aliphatic rings. The number of nitrogens with two attached hydrogens (primary N) is 1. The van der Waals surface area contributed by atoms with Crippen LogP contribution in [-0.2, 0) is 51.2 Å². The lowest BCUT2D eigenvalue weighted by atomic mass is 9.90. The maximum Gasteiger partial charge on any atom is 0.328 e. The Labute approximate surface area is 364 Å². The summed E-state index contributed by atoms with van der Waals surface area (Å²) in [5.74, 6) is -2.73. The summed E-state index contributed by atoms with van der Waals surface area (Å²) in [6.45, 7) is 14.5. The first-order chi connectivity index (χ1) is 28.7. The highest BCUT2D eigenvalue weighted by atomic mass is 35.5. The van der Waals surface area contributed by atoms with E-state index in [2.05, 4.69) is 26.6 Å². The fraction of sp³-hybridized carbons (Fsp3) is 0.556. The topological polar surface area (TPSA) is 220 Å². The highest BCUT2D eigenvalue weighted by Gasteiger charge is 2.48. The summed E-state index contributed by atoms with van der Waals surface area (Å²) in [6.07, 6.45) is 2.10. The third-order valence-electron chi connectivity index (χ3n) is 11.0. The zero-order valence-corrected chi connectivity index (χ0v) is 37.4. The molecule has 0 saturated carbocycles. The second-order valence-corrected chi connectivity index (χ2v) is 17.9. The number of epoxide rings is 1. The molecule has 4 rings (SSSR count). The van der Waals surface area contributed by atoms with Crippen molar-refractivity contribution in [2.75, 3.05) is 13.7 Å². The van der Waals surface area contributed by atoms with Crippen LogP contribution >= 0.6 is 11.6 Å². The van der Waals surface area contributed by atoms with Gasteiger partial charge in [0.05, 0.1) is 29.7 Å². The Morgan fingerprint density at radius 1 is 0.951 bits per heavy atom. The van der Waals surface area contributed by atoms with Crippen LogP contribution in [0.25, 0.3) is 0 Å². The molecule has 2 aromatic carbocycles. The Kier molecular flexibility index (Phi) is 17.3. The van der Waals surface area contributed by atoms with E-state index in [9.17, 15) is 28.8 Å². The van der Waals surface area contributed by atoms with E-state index >= 15 is 0 Å². The number of hydrogen-bond acceptors (Lipinski definition) is 10. The monoisotopic (exact) mass is 866 g/mol. The van der Waals surface area contributed by atoms with Crippen LogP contribution in [0.4, 0.5) is 0 Å². The molecule has 334 valence electrons. The summed E-state index contributed by atoms with van der Waals surface area (Å²) in [6, 6.07) is 9.22. The van der Waals surface area contributed by atoms with E-state index in [0.717, 1.165) is 11.1 Å². The largest absolute Gasteiger partial charge is 0.495 e. The second-order valence-electron chi connectivity index (χ2n) is 17.4. The zero-order chi connectivity index (χ0) is 45.2. The molecule has 0 radical (unpaired) electrons. The highest BCUT2D eigenvalue weighted by Crippen LogP contribution is 2.45. The molecule has 3 unspecified atom stereocenters. The molecule has 0 aromatic heterocycles. The lowest BCUT2D eigenvalue weighted by Crippen LogP contribution is -2.54. The number of carbonyl (C=O) groups excluding carboxylic acids is 6. The minimum atomic E-state index is -1.14. The van der Waals surface area contributed by atoms with Gasteiger partial charge in [0.2, 0.25) is 29.5 Å². The van der Waals surface area contributed by atoms with Gasteiger partial charge in [0.1, 0.15) is 36.1 Å². The number of esters is 1. The number of methoxy groups -OCH3 is 1. The van der Waals surface area contributed by atoms with E-state index in [4.69, 9.17) is 31.5 Å². The summed E-state index contributed by atoms with van der Waals surface area (Å²) in [5.41, 5.74) is 7.17. The van der Waals surface area contributed by atoms with E-state index in [1.807, 2.05) is 58.9 Å². The molecule has 5 amide bonds. The highest BCUT2D eigenvalue weighted by molar-refractivity contribution is 6.32. The van der Waals surface area contributed by atoms with Crippen molar-refractivity contribution in [3.05, 3.63) is 76.3 Å². The smallest absolute Gasteiger partial charge is 0.328 e. The molecule has 8 atom stereocenters. The van der Waals surface area contributed by atoms with E-state index in [1.54, 1.807) is 45.0 Å². The molecule has 61 heavy (non-hydrogen) atoms. The molecule has 2 aliphatic heterocycles. The predicted molar refractivity (Wildman–Crippen MR) is 231 cm³/mol. The van der Waals surface area contributed by atoms with Gasteiger partial charge >= 0.3 is 5.97 Å². The Balaban J connectivity index is 1.49. The van der Waals surface area contributed by atoms with Crippen molar-refractivity contribution in [3.8, 4) is 5.75 Å². The SMILES string of the molecule is COc1ccc(C[C@H]2NC(=O)/C=C/C[C@@H](C(C)[C@H]3O[C@@H]3c3ccc(CNC(=O)C(C)NC(=O)C(N)C(C)C)cc3)OC(=O)[C@H](CC(C)C)NC(=O)C(C)(C)CNC2=O)cc1Cl. The van der Waals surface area contributed by atoms with Gasteiger partial charge in [-0.3, -0.25) is 24.0 Å². The third-order valence-corrected chi connectivity index (χ3v) is 11.3. The van der Waals surface area contributed by atoms with Crippen molar-refractivity contribution in [1.29, 1.82) is 0 Å². The molecule has 7 N–H and O–H groups in total. The van der Waals surface area contributed by atoms with Crippen molar-refractivity contribution in [1.82, 2.24) is 26.6 Å². The molecule has 16 heteroatoms. The van der Waals surface area contributed by atoms with Crippen LogP contribution in [0.1, 0.15) is 91.0 Å². The minimum Gasteiger partial charge on any atom is -0.495 e. The van der Waals surface area contributed by atoms with E-state index in [0.29, 0.717) is 22.8 Å². The van der Waals surface area contributed by atoms with Crippen LogP contribution in [-0.4, -0.2) is 85.5 Å². The number of cyclic esters (lactones) is 1. The molecule has 0 bridgehead atoms. The number of rotatable bonds is 14. The Morgan fingerprint density at radius 2 is 1.62 bits per heavy atom. The second kappa shape index (κ2) is 21.7. The standard InChI is InChI=1S/C45H63ClN6O9/c1-24(2)19-33-43(57)60-34(26(5)38-39(61-38)30-16-13-28(14-17-30)22-48-40(54)27(6)50-42(56)37(47)25(3)4)11-10-12-36(53)51-32(21-29-15-18-35(59-9)31(46)20-29)41(55)49-23-45(7,8)44(58)52-33/h10,12-18,20,24-27,32-34,37-39H,11,19,21-23,47H2,1-9H3,(H,48,54)(H,49,55)(H,50,56)(H,51,53)(H,52,58)/b12-10+/t26?,27?,32-,33+,34+,37?,38-,39-/m1/s1. The molecule has 0 spiro atoms. The quantitative estimate of drug-likeness (QED) is 0.119. The number of ether oxygens (including phenoxy) is 3. The maximum atomic E-state index is 13.9. The summed E-state index contributed by atoms with van der Waals surface area (Å²) in [4.78, 5) is 79.5. The number of amides is 5. The van der Waals surface area contributed by atoms with Gasteiger partial charge in [0, 0.05) is 31.8 Å². The Morgan fingerprint density at radius 3 is 2.25 bits per heavy atom. The van der Waals surface area contributed by atoms with Gasteiger partial charge in [-0.05, 0) is 73.9 Å². The number of benzene rings is 2. The molecule has 15 nitrogen and oxygen atoms in total. The van der Waals surface area contributed by atoms with Crippen LogP contribution in [0.3, 0.4) is 0 Å². The molecule has 2 aromatic rings. The third kappa shape index (κ3) is 14.0. The van der Waals surface area contributed by atoms with Gasteiger partial charge in [-0.2, -0.15) is 0 Å². The van der Waals surface area contributed by atoms with Crippen LogP contribution in [0.5, 0.6) is 5.75 Å². The normalized spacial score (nSPS) is 24.3. The fourth-order valence-electron chi connectivity index (χ4n) is 6.81. The van der Waals surface area contributed by atoms with E-state index in [1.165, 1.54) is 13.2 Å². The molecular formula is C45H63ClN6O9. The van der Waals surface area contributed by atoms with Crippen LogP contribution in [0.15, 0.2) is 54.6 Å². The van der Waals surface area contributed by atoms with Crippen LogP contribution in [0.2, 0.25) is 5.02 Å². The predicted octanol–water partition coefficient (Wildman–Crippen LogP) is 3.80. The van der Waals surface area contributed by atoms with Crippen LogP contribution < -0.4 is 37.1 Å². The first-order valence-electron chi connectivity index (χ1n) is 20.9. The first kappa shape index (κ1) is 48.7. The van der Waals surface area contributed by atoms with Gasteiger partial charge < -0.3 is 46.5 Å². The Hall–Kier alpha value is -4.99. The lowest BCUT2D eigenvalue weighted by molar-refractivity contribution is -0.157. The van der Waals surface area contributed by atoms with Crippen molar-refractivity contribution in [2.24, 2.45) is 28.9 Å². The summed E-state index contributed by atoms with van der Waals surface area (Å²) in [5, 5.41) is 14.3. The molecule has 1 fully saturated rings. The molecular weight excluding hydrogens is 804 g/mol. The summed E-state index contributed by atoms with van der Waals surface area (Å²) >= 11 is 6.36.